The van der Waals surface area contributed by atoms with Gasteiger partial charge in [0.15, 0.2) is 0 Å². The van der Waals surface area contributed by atoms with Crippen LogP contribution in [0.2, 0.25) is 0 Å². The van der Waals surface area contributed by atoms with Gasteiger partial charge in [-0.2, -0.15) is 0 Å². The molecule has 0 aliphatic rings. The van der Waals surface area contributed by atoms with Gasteiger partial charge in [0, 0.05) is 1.43 Å². The first-order chi connectivity index (χ1) is 22.4. The summed E-state index contributed by atoms with van der Waals surface area (Å²) >= 11 is -3.67. The molecule has 0 radical (unpaired) electrons. The Morgan fingerprint density at radius 2 is 0.938 bits per heavy atom. The van der Waals surface area contributed by atoms with Crippen LogP contribution in [0.3, 0.4) is 0 Å². The van der Waals surface area contributed by atoms with Crippen LogP contribution in [-0.4, -0.2) is 39.5 Å². The zero-order valence-electron chi connectivity index (χ0n) is 29.5. The van der Waals surface area contributed by atoms with Gasteiger partial charge in [0.2, 0.25) is 0 Å². The van der Waals surface area contributed by atoms with E-state index in [2.05, 4.69) is 62.4 Å². The van der Waals surface area contributed by atoms with Gasteiger partial charge in [-0.25, -0.2) is 0 Å². The predicted molar refractivity (Wildman–Crippen MR) is 203 cm³/mol. The van der Waals surface area contributed by atoms with Crippen LogP contribution in [0.15, 0.2) is 103 Å². The van der Waals surface area contributed by atoms with Crippen molar-refractivity contribution in [3.05, 3.63) is 109 Å². The number of carbonyl (C=O) groups is 2. The van der Waals surface area contributed by atoms with E-state index in [-0.39, 0.29) is 1.43 Å². The van der Waals surface area contributed by atoms with Crippen molar-refractivity contribution >= 4 is 53.4 Å². The van der Waals surface area contributed by atoms with Crippen LogP contribution < -0.4 is 16.7 Å². The van der Waals surface area contributed by atoms with Crippen molar-refractivity contribution < 1.29 is 30.0 Å². The normalized spacial score (nSPS) is 11.6. The molecule has 6 nitrogen and oxygen atoms in total. The van der Waals surface area contributed by atoms with E-state index in [0.29, 0.717) is 17.4 Å². The van der Waals surface area contributed by atoms with Gasteiger partial charge in [0.05, 0.1) is 0 Å². The fourth-order valence-electron chi connectivity index (χ4n) is 3.92. The molecule has 48 heavy (non-hydrogen) atoms. The van der Waals surface area contributed by atoms with E-state index in [1.807, 2.05) is 19.9 Å². The Hall–Kier alpha value is -3.21. The average molecular weight is 813 g/mol. The first kappa shape index (κ1) is 41.0. The minimum absolute atomic E-state index is 0. The smallest absolute Gasteiger partial charge is 0 e. The SMILES string of the molecule is CC.CC(C)(C)OC(=O)Oc1ccc([Te](Cl)(Cl)c2ccc(OC(=O)OC(C)(C)C)cc2)cc1.CC(C)c1ccc(-c2ccccc2)cc1.[HH]. The van der Waals surface area contributed by atoms with Gasteiger partial charge < -0.3 is 0 Å². The number of halogens is 2. The Bertz CT molecular complexity index is 1490. The average Bonchev–Trinajstić information content (AvgIpc) is 3.01. The molecule has 0 bridgehead atoms. The molecule has 0 saturated heterocycles. The molecule has 262 valence electrons. The number of carbonyl (C=O) groups excluding carboxylic acids is 2. The van der Waals surface area contributed by atoms with Crippen molar-refractivity contribution in [3.8, 4) is 22.6 Å². The van der Waals surface area contributed by atoms with Gasteiger partial charge in [-0.15, -0.1) is 0 Å². The third-order valence-electron chi connectivity index (χ3n) is 6.11. The molecule has 0 heterocycles. The summed E-state index contributed by atoms with van der Waals surface area (Å²) in [5, 5.41) is 0. The Balaban J connectivity index is 0.000000556. The summed E-state index contributed by atoms with van der Waals surface area (Å²) in [6.07, 6.45) is -1.57. The first-order valence-electron chi connectivity index (χ1n) is 15.8. The summed E-state index contributed by atoms with van der Waals surface area (Å²) in [5.74, 6) is 1.26. The summed E-state index contributed by atoms with van der Waals surface area (Å²) in [5.41, 5.74) is 2.68. The predicted octanol–water partition coefficient (Wildman–Crippen LogP) is 11.1. The molecular weight excluding hydrogens is 763 g/mol. The molecule has 0 aliphatic heterocycles. The van der Waals surface area contributed by atoms with Crippen LogP contribution in [0.25, 0.3) is 11.1 Å². The molecule has 0 aliphatic carbocycles. The van der Waals surface area contributed by atoms with Crippen LogP contribution >= 0.6 is 17.9 Å². The largest absolute Gasteiger partial charge is 0.0622 e. The van der Waals surface area contributed by atoms with E-state index in [9.17, 15) is 9.59 Å². The van der Waals surface area contributed by atoms with Crippen molar-refractivity contribution in [1.82, 2.24) is 0 Å². The van der Waals surface area contributed by atoms with Gasteiger partial charge in [-0.3, -0.25) is 0 Å². The van der Waals surface area contributed by atoms with Crippen molar-refractivity contribution in [1.29, 1.82) is 0 Å². The Kier molecular flexibility index (Phi) is 15.8. The van der Waals surface area contributed by atoms with E-state index < -0.39 is 39.5 Å². The van der Waals surface area contributed by atoms with Crippen LogP contribution in [0, 0.1) is 0 Å². The molecule has 0 spiro atoms. The monoisotopic (exact) mass is 814 g/mol. The molecule has 0 fully saturated rings. The molecule has 0 atom stereocenters. The van der Waals surface area contributed by atoms with Gasteiger partial charge in [0.25, 0.3) is 0 Å². The molecule has 0 aromatic heterocycles. The van der Waals surface area contributed by atoms with Crippen molar-refractivity contribution in [2.24, 2.45) is 0 Å². The van der Waals surface area contributed by atoms with E-state index >= 15 is 0 Å². The third kappa shape index (κ3) is 14.1. The summed E-state index contributed by atoms with van der Waals surface area (Å²) < 4.78 is 22.1. The molecule has 0 saturated carbocycles. The van der Waals surface area contributed by atoms with E-state index in [4.69, 9.17) is 36.9 Å². The number of hydrogen-bond donors (Lipinski definition) is 0. The second kappa shape index (κ2) is 18.5. The van der Waals surface area contributed by atoms with Gasteiger partial charge in [0.1, 0.15) is 0 Å². The van der Waals surface area contributed by atoms with Crippen LogP contribution in [-0.2, 0) is 9.47 Å². The molecule has 0 amide bonds. The second-order valence-electron chi connectivity index (χ2n) is 12.7. The number of benzene rings is 4. The summed E-state index contributed by atoms with van der Waals surface area (Å²) in [4.78, 5) is 23.6. The van der Waals surface area contributed by atoms with Crippen LogP contribution in [0.5, 0.6) is 11.5 Å². The molecule has 4 rings (SSSR count). The number of rotatable bonds is 6. The van der Waals surface area contributed by atoms with Crippen LogP contribution in [0.1, 0.15) is 82.1 Å². The maximum absolute atomic E-state index is 11.8. The molecular formula is C39H50Cl2O6Te. The zero-order valence-corrected chi connectivity index (χ0v) is 33.3. The van der Waals surface area contributed by atoms with Crippen molar-refractivity contribution in [2.45, 2.75) is 86.4 Å². The molecule has 9 heteroatoms. The minimum Gasteiger partial charge on any atom is -0.0622 e. The maximum atomic E-state index is 11.8. The molecule has 0 N–H and O–H groups in total. The Labute approximate surface area is 299 Å². The minimum atomic E-state index is -3.67. The van der Waals surface area contributed by atoms with Crippen LogP contribution in [0.4, 0.5) is 9.59 Å². The second-order valence-corrected chi connectivity index (χ2v) is 25.3. The van der Waals surface area contributed by atoms with Crippen molar-refractivity contribution in [2.75, 3.05) is 0 Å². The molecule has 0 unspecified atom stereocenters. The summed E-state index contributed by atoms with van der Waals surface area (Å²) in [6, 6.07) is 32.7. The first-order valence-corrected chi connectivity index (χ1v) is 24.1. The number of ether oxygens (including phenoxy) is 4. The van der Waals surface area contributed by atoms with Crippen molar-refractivity contribution in [3.63, 3.8) is 0 Å². The van der Waals surface area contributed by atoms with E-state index in [1.165, 1.54) is 16.7 Å². The maximum Gasteiger partial charge on any atom is 0 e. The summed E-state index contributed by atoms with van der Waals surface area (Å²) in [7, 11) is 13.5. The van der Waals surface area contributed by atoms with Gasteiger partial charge in [-0.1, -0.05) is 82.3 Å². The summed E-state index contributed by atoms with van der Waals surface area (Å²) in [6.45, 7) is 19.0. The van der Waals surface area contributed by atoms with E-state index in [1.54, 1.807) is 90.1 Å². The Morgan fingerprint density at radius 1 is 0.583 bits per heavy atom. The molecule has 4 aromatic rings. The van der Waals surface area contributed by atoms with Gasteiger partial charge in [-0.05, 0) is 22.6 Å². The fraction of sp³-hybridized carbons (Fsp3) is 0.333. The standard InChI is InChI=1S/C22H26Cl2O6Te.C15H16.C2H6.H2/c1-21(2,3)29-19(25)27-15-7-11-17(12-8-15)31(23,24)18-13-9-16(10-14-18)28-20(26)30-22(4,5)6;1-12(2)13-8-10-15(11-9-13)14-6-4-3-5-7-14;1-2;/h7-14H,1-6H3;3-12H,1-2H3;1-2H3;1H. The molecule has 4 aromatic carbocycles. The quantitative estimate of drug-likeness (QED) is 0.110. The third-order valence-corrected chi connectivity index (χ3v) is 15.8. The zero-order chi connectivity index (χ0) is 36.1. The van der Waals surface area contributed by atoms with E-state index in [0.717, 1.165) is 7.22 Å². The fourth-order valence-corrected chi connectivity index (χ4v) is 10.2. The Morgan fingerprint density at radius 3 is 1.27 bits per heavy atom. The van der Waals surface area contributed by atoms with Gasteiger partial charge >= 0.3 is 195 Å². The topological polar surface area (TPSA) is 71.1 Å². The number of hydrogen-bond acceptors (Lipinski definition) is 6.